The number of morpholine rings is 1. The lowest BCUT2D eigenvalue weighted by Crippen LogP contribution is -2.46. The molecule has 21 heavy (non-hydrogen) atoms. The number of nitrogens with zero attached hydrogens (tertiary/aromatic N) is 1. The van der Waals surface area contributed by atoms with E-state index in [-0.39, 0.29) is 24.6 Å². The zero-order chi connectivity index (χ0) is 15.6. The number of carboxylic acids is 1. The minimum Gasteiger partial charge on any atom is -0.478 e. The van der Waals surface area contributed by atoms with Gasteiger partial charge in [-0.2, -0.15) is 4.31 Å². The molecule has 2 rings (SSSR count). The van der Waals surface area contributed by atoms with Crippen LogP contribution in [0.2, 0.25) is 0 Å². The van der Waals surface area contributed by atoms with Crippen LogP contribution >= 0.6 is 0 Å². The molecule has 0 aliphatic carbocycles. The number of halogens is 2. The fraction of sp³-hybridized carbons (Fsp3) is 0.417. The predicted octanol–water partition coefficient (Wildman–Crippen LogP) is 0.883. The van der Waals surface area contributed by atoms with Gasteiger partial charge in [0.1, 0.15) is 12.5 Å². The van der Waals surface area contributed by atoms with Crippen LogP contribution in [0.3, 0.4) is 0 Å². The molecule has 1 aromatic carbocycles. The van der Waals surface area contributed by atoms with Crippen LogP contribution in [0.15, 0.2) is 23.1 Å². The zero-order valence-corrected chi connectivity index (χ0v) is 11.6. The molecular weight excluding hydrogens is 308 g/mol. The van der Waals surface area contributed by atoms with Gasteiger partial charge in [-0.15, -0.1) is 0 Å². The highest BCUT2D eigenvalue weighted by atomic mass is 32.2. The second-order valence-electron chi connectivity index (χ2n) is 4.46. The SMILES string of the molecule is O=C(O)c1ccc(S(=O)(=O)N2CCOC(CF)C2)cc1F. The van der Waals surface area contributed by atoms with Gasteiger partial charge in [0.25, 0.3) is 0 Å². The monoisotopic (exact) mass is 321 g/mol. The molecule has 0 saturated carbocycles. The van der Waals surface area contributed by atoms with Gasteiger partial charge in [0.05, 0.1) is 23.2 Å². The van der Waals surface area contributed by atoms with Gasteiger partial charge < -0.3 is 9.84 Å². The molecule has 1 saturated heterocycles. The molecule has 0 amide bonds. The number of hydrogen-bond donors (Lipinski definition) is 1. The Balaban J connectivity index is 2.31. The fourth-order valence-electron chi connectivity index (χ4n) is 1.98. The second kappa shape index (κ2) is 6.04. The summed E-state index contributed by atoms with van der Waals surface area (Å²) in [5.41, 5.74) is -0.613. The van der Waals surface area contributed by atoms with Crippen LogP contribution < -0.4 is 0 Å². The van der Waals surface area contributed by atoms with Gasteiger partial charge >= 0.3 is 5.97 Å². The van der Waals surface area contributed by atoms with Crippen molar-refractivity contribution in [1.29, 1.82) is 0 Å². The first kappa shape index (κ1) is 15.8. The van der Waals surface area contributed by atoms with Crippen molar-refractivity contribution in [2.45, 2.75) is 11.0 Å². The maximum absolute atomic E-state index is 13.6. The second-order valence-corrected chi connectivity index (χ2v) is 6.39. The van der Waals surface area contributed by atoms with E-state index in [1.165, 1.54) is 0 Å². The summed E-state index contributed by atoms with van der Waals surface area (Å²) in [6.07, 6.45) is -0.850. The summed E-state index contributed by atoms with van der Waals surface area (Å²) < 4.78 is 56.8. The fourth-order valence-corrected chi connectivity index (χ4v) is 3.45. The maximum Gasteiger partial charge on any atom is 0.338 e. The number of ether oxygens (including phenoxy) is 1. The van der Waals surface area contributed by atoms with Crippen LogP contribution in [0.1, 0.15) is 10.4 Å². The highest BCUT2D eigenvalue weighted by molar-refractivity contribution is 7.89. The Bertz CT molecular complexity index is 649. The van der Waals surface area contributed by atoms with Crippen LogP contribution in [-0.2, 0) is 14.8 Å². The van der Waals surface area contributed by atoms with E-state index in [0.29, 0.717) is 6.07 Å². The van der Waals surface area contributed by atoms with E-state index in [9.17, 15) is 22.0 Å². The molecular formula is C12H13F2NO5S. The van der Waals surface area contributed by atoms with E-state index < -0.39 is 40.2 Å². The molecule has 0 bridgehead atoms. The molecule has 116 valence electrons. The molecule has 6 nitrogen and oxygen atoms in total. The number of carboxylic acid groups (broad SMARTS) is 1. The molecule has 1 aliphatic rings. The third-order valence-electron chi connectivity index (χ3n) is 3.08. The van der Waals surface area contributed by atoms with Crippen LogP contribution in [0, 0.1) is 5.82 Å². The lowest BCUT2D eigenvalue weighted by atomic mass is 10.2. The van der Waals surface area contributed by atoms with Gasteiger partial charge in [-0.25, -0.2) is 22.0 Å². The first-order valence-corrected chi connectivity index (χ1v) is 7.51. The quantitative estimate of drug-likeness (QED) is 0.890. The van der Waals surface area contributed by atoms with Crippen LogP contribution in [0.25, 0.3) is 0 Å². The Kier molecular flexibility index (Phi) is 4.55. The number of alkyl halides is 1. The average Bonchev–Trinajstić information content (AvgIpc) is 2.46. The largest absolute Gasteiger partial charge is 0.478 e. The number of carbonyl (C=O) groups is 1. The van der Waals surface area contributed by atoms with Crippen molar-refractivity contribution in [3.63, 3.8) is 0 Å². The molecule has 0 radical (unpaired) electrons. The highest BCUT2D eigenvalue weighted by Crippen LogP contribution is 2.21. The van der Waals surface area contributed by atoms with Crippen LogP contribution in [0.4, 0.5) is 8.78 Å². The van der Waals surface area contributed by atoms with Crippen molar-refractivity contribution in [1.82, 2.24) is 4.31 Å². The molecule has 0 spiro atoms. The molecule has 1 N–H and O–H groups in total. The molecule has 1 atom stereocenters. The lowest BCUT2D eigenvalue weighted by Gasteiger charge is -2.30. The van der Waals surface area contributed by atoms with Gasteiger partial charge in [-0.3, -0.25) is 0 Å². The van der Waals surface area contributed by atoms with Gasteiger partial charge in [-0.1, -0.05) is 0 Å². The predicted molar refractivity (Wildman–Crippen MR) is 67.8 cm³/mol. The van der Waals surface area contributed by atoms with Crippen molar-refractivity contribution in [2.24, 2.45) is 0 Å². The molecule has 1 fully saturated rings. The van der Waals surface area contributed by atoms with Crippen molar-refractivity contribution in [3.8, 4) is 0 Å². The average molecular weight is 321 g/mol. The Morgan fingerprint density at radius 2 is 2.19 bits per heavy atom. The summed E-state index contributed by atoms with van der Waals surface area (Å²) in [5, 5.41) is 8.72. The first-order valence-electron chi connectivity index (χ1n) is 6.07. The third-order valence-corrected chi connectivity index (χ3v) is 4.94. The third kappa shape index (κ3) is 3.20. The summed E-state index contributed by atoms with van der Waals surface area (Å²) >= 11 is 0. The smallest absolute Gasteiger partial charge is 0.338 e. The summed E-state index contributed by atoms with van der Waals surface area (Å²) in [7, 11) is -4.02. The molecule has 1 aliphatic heterocycles. The zero-order valence-electron chi connectivity index (χ0n) is 10.8. The number of aromatic carboxylic acids is 1. The molecule has 9 heteroatoms. The number of hydrogen-bond acceptors (Lipinski definition) is 4. The maximum atomic E-state index is 13.6. The highest BCUT2D eigenvalue weighted by Gasteiger charge is 2.31. The Hall–Kier alpha value is -1.58. The summed E-state index contributed by atoms with van der Waals surface area (Å²) in [6, 6.07) is 2.55. The van der Waals surface area contributed by atoms with Crippen LogP contribution in [0.5, 0.6) is 0 Å². The van der Waals surface area contributed by atoms with Crippen molar-refractivity contribution in [3.05, 3.63) is 29.6 Å². The number of sulfonamides is 1. The van der Waals surface area contributed by atoms with Gasteiger partial charge in [-0.05, 0) is 18.2 Å². The van der Waals surface area contributed by atoms with E-state index >= 15 is 0 Å². The molecule has 1 aromatic rings. The van der Waals surface area contributed by atoms with Gasteiger partial charge in [0.2, 0.25) is 10.0 Å². The number of benzene rings is 1. The minimum atomic E-state index is -4.02. The normalized spacial score (nSPS) is 20.4. The lowest BCUT2D eigenvalue weighted by molar-refractivity contribution is -0.0136. The Morgan fingerprint density at radius 1 is 1.48 bits per heavy atom. The Labute approximate surface area is 120 Å². The Morgan fingerprint density at radius 3 is 2.76 bits per heavy atom. The summed E-state index contributed by atoms with van der Waals surface area (Å²) in [5.74, 6) is -2.63. The van der Waals surface area contributed by atoms with E-state index in [0.717, 1.165) is 16.4 Å². The summed E-state index contributed by atoms with van der Waals surface area (Å²) in [4.78, 5) is 10.3. The van der Waals surface area contributed by atoms with Crippen molar-refractivity contribution < 1.29 is 31.8 Å². The standard InChI is InChI=1S/C12H13F2NO5S/c13-6-8-7-15(3-4-20-8)21(18,19)9-1-2-10(12(16)17)11(14)5-9/h1-2,5,8H,3-4,6-7H2,(H,16,17). The van der Waals surface area contributed by atoms with E-state index in [4.69, 9.17) is 9.84 Å². The van der Waals surface area contributed by atoms with Gasteiger partial charge in [0.15, 0.2) is 0 Å². The van der Waals surface area contributed by atoms with Crippen LogP contribution in [-0.4, -0.2) is 56.3 Å². The number of rotatable bonds is 4. The van der Waals surface area contributed by atoms with E-state index in [2.05, 4.69) is 0 Å². The minimum absolute atomic E-state index is 0.0289. The molecule has 1 heterocycles. The van der Waals surface area contributed by atoms with E-state index in [1.54, 1.807) is 0 Å². The molecule has 0 aromatic heterocycles. The first-order chi connectivity index (χ1) is 9.86. The van der Waals surface area contributed by atoms with Crippen molar-refractivity contribution >= 4 is 16.0 Å². The van der Waals surface area contributed by atoms with Gasteiger partial charge in [0, 0.05) is 13.1 Å². The topological polar surface area (TPSA) is 83.9 Å². The van der Waals surface area contributed by atoms with Crippen molar-refractivity contribution in [2.75, 3.05) is 26.4 Å². The summed E-state index contributed by atoms with van der Waals surface area (Å²) in [6.45, 7) is -0.913. The van der Waals surface area contributed by atoms with E-state index in [1.807, 2.05) is 0 Å². The molecule has 1 unspecified atom stereocenters.